The van der Waals surface area contributed by atoms with E-state index in [4.69, 9.17) is 4.98 Å². The first-order valence-electron chi connectivity index (χ1n) is 8.05. The molecule has 1 fully saturated rings. The molecular weight excluding hydrogens is 282 g/mol. The minimum absolute atomic E-state index is 0.119. The third kappa shape index (κ3) is 4.18. The Morgan fingerprint density at radius 2 is 2.05 bits per heavy atom. The summed E-state index contributed by atoms with van der Waals surface area (Å²) in [4.78, 5) is 10.6. The van der Waals surface area contributed by atoms with Crippen LogP contribution < -0.4 is 4.90 Å². The Hall–Kier alpha value is -0.650. The number of rotatable bonds is 6. The Morgan fingerprint density at radius 3 is 2.57 bits per heavy atom. The molecule has 0 bridgehead atoms. The molecule has 0 aromatic carbocycles. The Morgan fingerprint density at radius 1 is 1.38 bits per heavy atom. The summed E-state index contributed by atoms with van der Waals surface area (Å²) in [7, 11) is 4.30. The Labute approximate surface area is 132 Å². The number of anilines is 1. The van der Waals surface area contributed by atoms with Crippen LogP contribution in [0.15, 0.2) is 0 Å². The Kier molecular flexibility index (Phi) is 6.02. The molecule has 1 saturated heterocycles. The quantitative estimate of drug-likeness (QED) is 0.877. The summed E-state index contributed by atoms with van der Waals surface area (Å²) >= 11 is 1.68. The fraction of sp³-hybridized carbons (Fsp3) is 0.812. The number of thiazole rings is 1. The maximum absolute atomic E-state index is 9.56. The molecule has 0 aliphatic carbocycles. The summed E-state index contributed by atoms with van der Waals surface area (Å²) in [5.74, 6) is 1.24. The topological polar surface area (TPSA) is 39.6 Å². The standard InChI is InChI=1S/C16H29N3OS/c1-5-12(2)15-14(11-20)21-16(17-15)19-8-6-13(7-9-19)10-18(3)4/h12-13,20H,5-11H2,1-4H3. The predicted molar refractivity (Wildman–Crippen MR) is 90.2 cm³/mol. The van der Waals surface area contributed by atoms with Gasteiger partial charge in [0.25, 0.3) is 0 Å². The molecule has 1 unspecified atom stereocenters. The van der Waals surface area contributed by atoms with Crippen molar-refractivity contribution >= 4 is 16.5 Å². The van der Waals surface area contributed by atoms with Gasteiger partial charge in [-0.15, -0.1) is 0 Å². The van der Waals surface area contributed by atoms with Crippen molar-refractivity contribution in [3.63, 3.8) is 0 Å². The van der Waals surface area contributed by atoms with Gasteiger partial charge in [0, 0.05) is 19.6 Å². The lowest BCUT2D eigenvalue weighted by molar-refractivity contribution is 0.283. The van der Waals surface area contributed by atoms with Gasteiger partial charge in [-0.05, 0) is 45.2 Å². The largest absolute Gasteiger partial charge is 0.391 e. The molecule has 4 nitrogen and oxygen atoms in total. The predicted octanol–water partition coefficient (Wildman–Crippen LogP) is 2.93. The molecule has 1 aromatic rings. The highest BCUT2D eigenvalue weighted by Crippen LogP contribution is 2.34. The number of piperidine rings is 1. The second kappa shape index (κ2) is 7.56. The summed E-state index contributed by atoms with van der Waals surface area (Å²) in [6, 6.07) is 0. The zero-order valence-corrected chi connectivity index (χ0v) is 14.6. The van der Waals surface area contributed by atoms with Crippen molar-refractivity contribution in [3.05, 3.63) is 10.6 Å². The van der Waals surface area contributed by atoms with Gasteiger partial charge in [-0.3, -0.25) is 0 Å². The van der Waals surface area contributed by atoms with E-state index in [1.54, 1.807) is 11.3 Å². The first-order valence-corrected chi connectivity index (χ1v) is 8.86. The molecule has 0 radical (unpaired) electrons. The second-order valence-corrected chi connectivity index (χ2v) is 7.53. The number of nitrogens with zero attached hydrogens (tertiary/aromatic N) is 3. The first kappa shape index (κ1) is 16.7. The van der Waals surface area contributed by atoms with Crippen LogP contribution in [-0.4, -0.2) is 48.7 Å². The molecule has 21 heavy (non-hydrogen) atoms. The minimum Gasteiger partial charge on any atom is -0.391 e. The summed E-state index contributed by atoms with van der Waals surface area (Å²) in [5, 5.41) is 10.7. The lowest BCUT2D eigenvalue weighted by Crippen LogP contribution is -2.37. The molecule has 1 N–H and O–H groups in total. The van der Waals surface area contributed by atoms with Gasteiger partial charge in [-0.1, -0.05) is 25.2 Å². The highest BCUT2D eigenvalue weighted by molar-refractivity contribution is 7.15. The fourth-order valence-corrected chi connectivity index (χ4v) is 4.09. The third-order valence-corrected chi connectivity index (χ3v) is 5.56. The van der Waals surface area contributed by atoms with Crippen molar-refractivity contribution in [2.75, 3.05) is 38.6 Å². The van der Waals surface area contributed by atoms with Gasteiger partial charge in [0.05, 0.1) is 17.2 Å². The van der Waals surface area contributed by atoms with E-state index in [-0.39, 0.29) is 6.61 Å². The first-order chi connectivity index (χ1) is 10.0. The fourth-order valence-electron chi connectivity index (χ4n) is 3.00. The number of hydrogen-bond acceptors (Lipinski definition) is 5. The molecule has 1 aliphatic rings. The lowest BCUT2D eigenvalue weighted by Gasteiger charge is -2.33. The van der Waals surface area contributed by atoms with Crippen LogP contribution in [0, 0.1) is 5.92 Å². The van der Waals surface area contributed by atoms with Crippen molar-refractivity contribution in [3.8, 4) is 0 Å². The normalized spacial score (nSPS) is 18.5. The summed E-state index contributed by atoms with van der Waals surface area (Å²) in [5.41, 5.74) is 1.11. The van der Waals surface area contributed by atoms with Gasteiger partial charge in [0.1, 0.15) is 0 Å². The van der Waals surface area contributed by atoms with Gasteiger partial charge < -0.3 is 14.9 Å². The number of aliphatic hydroxyl groups is 1. The highest BCUT2D eigenvalue weighted by atomic mass is 32.1. The van der Waals surface area contributed by atoms with Crippen LogP contribution >= 0.6 is 11.3 Å². The molecule has 0 amide bonds. The van der Waals surface area contributed by atoms with E-state index < -0.39 is 0 Å². The van der Waals surface area contributed by atoms with E-state index >= 15 is 0 Å². The van der Waals surface area contributed by atoms with Crippen LogP contribution in [-0.2, 0) is 6.61 Å². The third-order valence-electron chi connectivity index (χ3n) is 4.45. The van der Waals surface area contributed by atoms with Crippen LogP contribution in [0.5, 0.6) is 0 Å². The van der Waals surface area contributed by atoms with E-state index in [2.05, 4.69) is 37.7 Å². The molecule has 5 heteroatoms. The van der Waals surface area contributed by atoms with E-state index in [1.807, 2.05) is 0 Å². The van der Waals surface area contributed by atoms with Gasteiger partial charge in [-0.25, -0.2) is 4.98 Å². The summed E-state index contributed by atoms with van der Waals surface area (Å²) < 4.78 is 0. The molecule has 0 spiro atoms. The van der Waals surface area contributed by atoms with Gasteiger partial charge in [0.15, 0.2) is 5.13 Å². The van der Waals surface area contributed by atoms with Crippen molar-refractivity contribution < 1.29 is 5.11 Å². The zero-order chi connectivity index (χ0) is 15.4. The second-order valence-electron chi connectivity index (χ2n) is 6.46. The maximum Gasteiger partial charge on any atom is 0.185 e. The van der Waals surface area contributed by atoms with E-state index in [1.165, 1.54) is 19.4 Å². The average molecular weight is 311 g/mol. The minimum atomic E-state index is 0.119. The van der Waals surface area contributed by atoms with Gasteiger partial charge >= 0.3 is 0 Å². The Bertz CT molecular complexity index is 439. The van der Waals surface area contributed by atoms with E-state index in [9.17, 15) is 5.11 Å². The van der Waals surface area contributed by atoms with Gasteiger partial charge in [0.2, 0.25) is 0 Å². The molecular formula is C16H29N3OS. The van der Waals surface area contributed by atoms with Crippen LogP contribution in [0.4, 0.5) is 5.13 Å². The van der Waals surface area contributed by atoms with Crippen LogP contribution in [0.2, 0.25) is 0 Å². The lowest BCUT2D eigenvalue weighted by atomic mass is 9.97. The molecule has 1 aromatic heterocycles. The van der Waals surface area contributed by atoms with E-state index in [0.717, 1.165) is 41.1 Å². The molecule has 2 heterocycles. The average Bonchev–Trinajstić information content (AvgIpc) is 2.91. The molecule has 120 valence electrons. The summed E-state index contributed by atoms with van der Waals surface area (Å²) in [6.07, 6.45) is 3.55. The molecule has 1 atom stereocenters. The van der Waals surface area contributed by atoms with Crippen molar-refractivity contribution in [2.45, 2.75) is 45.6 Å². The van der Waals surface area contributed by atoms with Crippen molar-refractivity contribution in [1.29, 1.82) is 0 Å². The number of aromatic nitrogens is 1. The van der Waals surface area contributed by atoms with Crippen LogP contribution in [0.1, 0.15) is 49.6 Å². The number of hydrogen-bond donors (Lipinski definition) is 1. The number of aliphatic hydroxyl groups excluding tert-OH is 1. The SMILES string of the molecule is CCC(C)c1nc(N2CCC(CN(C)C)CC2)sc1CO. The zero-order valence-electron chi connectivity index (χ0n) is 13.8. The van der Waals surface area contributed by atoms with E-state index in [0.29, 0.717) is 5.92 Å². The summed E-state index contributed by atoms with van der Waals surface area (Å²) in [6.45, 7) is 7.87. The van der Waals surface area contributed by atoms with Crippen LogP contribution in [0.25, 0.3) is 0 Å². The van der Waals surface area contributed by atoms with Crippen molar-refractivity contribution in [1.82, 2.24) is 9.88 Å². The van der Waals surface area contributed by atoms with Crippen molar-refractivity contribution in [2.24, 2.45) is 5.92 Å². The molecule has 0 saturated carbocycles. The van der Waals surface area contributed by atoms with Crippen LogP contribution in [0.3, 0.4) is 0 Å². The monoisotopic (exact) mass is 311 g/mol. The van der Waals surface area contributed by atoms with Gasteiger partial charge in [-0.2, -0.15) is 0 Å². The smallest absolute Gasteiger partial charge is 0.185 e. The maximum atomic E-state index is 9.56. The molecule has 1 aliphatic heterocycles. The Balaban J connectivity index is 2.02. The molecule has 2 rings (SSSR count). The highest BCUT2D eigenvalue weighted by Gasteiger charge is 2.24.